The molecule has 1 saturated heterocycles. The Morgan fingerprint density at radius 3 is 2.62 bits per heavy atom. The molecule has 0 spiro atoms. The molecule has 0 radical (unpaired) electrons. The maximum absolute atomic E-state index is 12.6. The zero-order chi connectivity index (χ0) is 18.6. The lowest BCUT2D eigenvalue weighted by Crippen LogP contribution is -2.49. The summed E-state index contributed by atoms with van der Waals surface area (Å²) in [6.07, 6.45) is 1.90. The summed E-state index contributed by atoms with van der Waals surface area (Å²) >= 11 is 0. The molecule has 0 bridgehead atoms. The normalized spacial score (nSPS) is 17.3. The maximum atomic E-state index is 12.6. The fourth-order valence-corrected chi connectivity index (χ4v) is 3.35. The quantitative estimate of drug-likeness (QED) is 0.911. The van der Waals surface area contributed by atoms with Gasteiger partial charge >= 0.3 is 6.03 Å². The van der Waals surface area contributed by atoms with Crippen LogP contribution in [0.25, 0.3) is 0 Å². The van der Waals surface area contributed by atoms with Gasteiger partial charge in [0.1, 0.15) is 6.04 Å². The van der Waals surface area contributed by atoms with Crippen molar-refractivity contribution in [1.29, 1.82) is 5.26 Å². The molecule has 1 N–H and O–H groups in total. The van der Waals surface area contributed by atoms with Gasteiger partial charge in [0.15, 0.2) is 5.82 Å². The van der Waals surface area contributed by atoms with Crippen LogP contribution in [-0.2, 0) is 5.41 Å². The molecule has 0 unspecified atom stereocenters. The van der Waals surface area contributed by atoms with Gasteiger partial charge in [0.2, 0.25) is 5.89 Å². The van der Waals surface area contributed by atoms with Crippen LogP contribution in [0.3, 0.4) is 0 Å². The number of nitrogens with one attached hydrogen (secondary N) is 1. The zero-order valence-corrected chi connectivity index (χ0v) is 15.1. The molecule has 1 fully saturated rings. The molecule has 26 heavy (non-hydrogen) atoms. The minimum atomic E-state index is -0.522. The van der Waals surface area contributed by atoms with E-state index in [-0.39, 0.29) is 12.1 Å². The lowest BCUT2D eigenvalue weighted by molar-refractivity contribution is 0.165. The molecular formula is C19H23N5O2. The predicted octanol–water partition coefficient (Wildman–Crippen LogP) is 3.10. The van der Waals surface area contributed by atoms with Gasteiger partial charge in [0.25, 0.3) is 0 Å². The molecule has 0 aliphatic carbocycles. The van der Waals surface area contributed by atoms with Crippen LogP contribution < -0.4 is 5.32 Å². The van der Waals surface area contributed by atoms with Crippen LogP contribution in [-0.4, -0.2) is 34.2 Å². The van der Waals surface area contributed by atoms with Crippen LogP contribution in [0.2, 0.25) is 0 Å². The van der Waals surface area contributed by atoms with Gasteiger partial charge in [-0.1, -0.05) is 42.4 Å². The first kappa shape index (κ1) is 17.9. The second kappa shape index (κ2) is 7.56. The molecule has 1 aliphatic rings. The van der Waals surface area contributed by atoms with E-state index in [9.17, 15) is 10.1 Å². The zero-order valence-electron chi connectivity index (χ0n) is 15.1. The van der Waals surface area contributed by atoms with Gasteiger partial charge in [-0.05, 0) is 31.7 Å². The smallest absolute Gasteiger partial charge is 0.318 e. The molecule has 3 rings (SSSR count). The van der Waals surface area contributed by atoms with Gasteiger partial charge in [-0.25, -0.2) is 4.79 Å². The Morgan fingerprint density at radius 1 is 1.38 bits per heavy atom. The molecule has 7 nitrogen and oxygen atoms in total. The van der Waals surface area contributed by atoms with Gasteiger partial charge in [-0.15, -0.1) is 0 Å². The van der Waals surface area contributed by atoms with Gasteiger partial charge in [0.05, 0.1) is 11.5 Å². The Hall–Kier alpha value is -2.88. The molecule has 0 saturated carbocycles. The number of amides is 2. The molecular weight excluding hydrogens is 330 g/mol. The third kappa shape index (κ3) is 3.54. The highest BCUT2D eigenvalue weighted by atomic mass is 16.5. The largest absolute Gasteiger partial charge is 0.337 e. The number of nitriles is 1. The average Bonchev–Trinajstić information content (AvgIpc) is 3.12. The molecule has 1 aromatic carbocycles. The van der Waals surface area contributed by atoms with Crippen LogP contribution in [0.5, 0.6) is 0 Å². The van der Waals surface area contributed by atoms with E-state index in [1.807, 2.05) is 37.3 Å². The monoisotopic (exact) mass is 353 g/mol. The topological polar surface area (TPSA) is 95.1 Å². The average molecular weight is 353 g/mol. The molecule has 7 heteroatoms. The fraction of sp³-hybridized carbons (Fsp3) is 0.474. The fourth-order valence-electron chi connectivity index (χ4n) is 3.35. The first-order chi connectivity index (χ1) is 12.6. The van der Waals surface area contributed by atoms with Crippen molar-refractivity contribution in [1.82, 2.24) is 20.4 Å². The van der Waals surface area contributed by atoms with Crippen LogP contribution in [0.15, 0.2) is 34.9 Å². The summed E-state index contributed by atoms with van der Waals surface area (Å²) in [4.78, 5) is 18.6. The number of aryl methyl sites for hydroxylation is 1. The van der Waals surface area contributed by atoms with Crippen molar-refractivity contribution in [3.8, 4) is 6.07 Å². The molecule has 1 aliphatic heterocycles. The summed E-state index contributed by atoms with van der Waals surface area (Å²) in [6, 6.07) is 11.8. The minimum absolute atomic E-state index is 0.160. The van der Waals surface area contributed by atoms with Gasteiger partial charge in [-0.3, -0.25) is 0 Å². The number of likely N-dealkylation sites (tertiary alicyclic amines) is 1. The second-order valence-corrected chi connectivity index (χ2v) is 6.64. The van der Waals surface area contributed by atoms with E-state index in [1.165, 1.54) is 0 Å². The second-order valence-electron chi connectivity index (χ2n) is 6.64. The number of rotatable bonds is 4. The number of carbonyl (C=O) groups excluding carboxylic acids is 1. The summed E-state index contributed by atoms with van der Waals surface area (Å²) in [5.74, 6) is 0.971. The number of hydrogen-bond acceptors (Lipinski definition) is 5. The Kier molecular flexibility index (Phi) is 5.21. The van der Waals surface area contributed by atoms with Crippen molar-refractivity contribution in [2.24, 2.45) is 0 Å². The van der Waals surface area contributed by atoms with E-state index in [2.05, 4.69) is 21.5 Å². The van der Waals surface area contributed by atoms with Gasteiger partial charge < -0.3 is 14.7 Å². The third-order valence-electron chi connectivity index (χ3n) is 4.99. The van der Waals surface area contributed by atoms with E-state index in [4.69, 9.17) is 4.52 Å². The van der Waals surface area contributed by atoms with Crippen LogP contribution in [0.4, 0.5) is 4.79 Å². The highest BCUT2D eigenvalue weighted by Gasteiger charge is 2.38. The standard InChI is InChI=1S/C19H23N5O2/c1-3-16(17-21-14(2)23-26-17)22-18(25)24-11-9-19(13-20,10-12-24)15-7-5-4-6-8-15/h4-8,16H,3,9-12H2,1-2H3,(H,22,25)/t16-/m1/s1. The van der Waals surface area contributed by atoms with Crippen molar-refractivity contribution < 1.29 is 9.32 Å². The number of benzene rings is 1. The molecule has 2 aromatic rings. The van der Waals surface area contributed by atoms with Crippen molar-refractivity contribution >= 4 is 6.03 Å². The predicted molar refractivity (Wildman–Crippen MR) is 95.1 cm³/mol. The van der Waals surface area contributed by atoms with Crippen molar-refractivity contribution in [2.75, 3.05) is 13.1 Å². The molecule has 136 valence electrons. The van der Waals surface area contributed by atoms with E-state index in [0.717, 1.165) is 5.56 Å². The number of urea groups is 1. The Bertz CT molecular complexity index is 788. The number of hydrogen-bond donors (Lipinski definition) is 1. The Morgan fingerprint density at radius 2 is 2.08 bits per heavy atom. The van der Waals surface area contributed by atoms with Gasteiger partial charge in [0, 0.05) is 13.1 Å². The Labute approximate surface area is 153 Å². The summed E-state index contributed by atoms with van der Waals surface area (Å²) in [5.41, 5.74) is 0.501. The summed E-state index contributed by atoms with van der Waals surface area (Å²) in [5, 5.41) is 16.5. The minimum Gasteiger partial charge on any atom is -0.337 e. The lowest BCUT2D eigenvalue weighted by atomic mass is 9.74. The highest BCUT2D eigenvalue weighted by Crippen LogP contribution is 2.35. The number of carbonyl (C=O) groups is 1. The van der Waals surface area contributed by atoms with E-state index < -0.39 is 5.41 Å². The van der Waals surface area contributed by atoms with Crippen LogP contribution >= 0.6 is 0 Å². The highest BCUT2D eigenvalue weighted by molar-refractivity contribution is 5.74. The van der Waals surface area contributed by atoms with Crippen LogP contribution in [0, 0.1) is 18.3 Å². The molecule has 2 amide bonds. The third-order valence-corrected chi connectivity index (χ3v) is 4.99. The number of nitrogens with zero attached hydrogens (tertiary/aromatic N) is 4. The number of piperidine rings is 1. The SMILES string of the molecule is CC[C@@H](NC(=O)N1CCC(C#N)(c2ccccc2)CC1)c1nc(C)no1. The lowest BCUT2D eigenvalue weighted by Gasteiger charge is -2.38. The summed E-state index contributed by atoms with van der Waals surface area (Å²) in [6.45, 7) is 4.77. The molecule has 1 atom stereocenters. The molecule has 1 aromatic heterocycles. The summed E-state index contributed by atoms with van der Waals surface area (Å²) < 4.78 is 5.18. The summed E-state index contributed by atoms with van der Waals surface area (Å²) in [7, 11) is 0. The van der Waals surface area contributed by atoms with E-state index >= 15 is 0 Å². The maximum Gasteiger partial charge on any atom is 0.318 e. The van der Waals surface area contributed by atoms with E-state index in [1.54, 1.807) is 11.8 Å². The molecule has 2 heterocycles. The van der Waals surface area contributed by atoms with Crippen molar-refractivity contribution in [3.63, 3.8) is 0 Å². The van der Waals surface area contributed by atoms with Crippen LogP contribution in [0.1, 0.15) is 49.5 Å². The Balaban J connectivity index is 1.64. The van der Waals surface area contributed by atoms with E-state index in [0.29, 0.717) is 44.1 Å². The van der Waals surface area contributed by atoms with Gasteiger partial charge in [-0.2, -0.15) is 10.2 Å². The first-order valence-corrected chi connectivity index (χ1v) is 8.90. The van der Waals surface area contributed by atoms with Crippen molar-refractivity contribution in [3.05, 3.63) is 47.6 Å². The number of aromatic nitrogens is 2. The first-order valence-electron chi connectivity index (χ1n) is 8.90. The van der Waals surface area contributed by atoms with Crippen molar-refractivity contribution in [2.45, 2.75) is 44.6 Å².